The molecule has 0 atom stereocenters. The van der Waals surface area contributed by atoms with Gasteiger partial charge in [0.25, 0.3) is 0 Å². The average Bonchev–Trinajstić information content (AvgIpc) is 2.57. The van der Waals surface area contributed by atoms with Crippen molar-refractivity contribution in [3.63, 3.8) is 0 Å². The fourth-order valence-electron chi connectivity index (χ4n) is 2.35. The quantitative estimate of drug-likeness (QED) is 0.877. The number of carboxylic acid groups (broad SMARTS) is 1. The number of pyridine rings is 1. The molecule has 1 aromatic rings. The predicted octanol–water partition coefficient (Wildman–Crippen LogP) is 0.982. The maximum Gasteiger partial charge on any atom is 0.317 e. The summed E-state index contributed by atoms with van der Waals surface area (Å²) in [4.78, 5) is 19.5. The zero-order valence-corrected chi connectivity index (χ0v) is 11.4. The molecular weight excluding hydrogens is 242 g/mol. The van der Waals surface area contributed by atoms with Crippen LogP contribution < -0.4 is 0 Å². The van der Waals surface area contributed by atoms with Gasteiger partial charge in [-0.05, 0) is 31.5 Å². The van der Waals surface area contributed by atoms with E-state index >= 15 is 0 Å². The Morgan fingerprint density at radius 3 is 2.68 bits per heavy atom. The summed E-state index contributed by atoms with van der Waals surface area (Å²) in [7, 11) is 0. The molecule has 19 heavy (non-hydrogen) atoms. The summed E-state index contributed by atoms with van der Waals surface area (Å²) in [6, 6.07) is 4.14. The van der Waals surface area contributed by atoms with Crippen molar-refractivity contribution in [2.45, 2.75) is 19.9 Å². The molecule has 2 heterocycles. The van der Waals surface area contributed by atoms with Crippen LogP contribution in [0.3, 0.4) is 0 Å². The maximum atomic E-state index is 10.7. The predicted molar refractivity (Wildman–Crippen MR) is 72.9 cm³/mol. The lowest BCUT2D eigenvalue weighted by atomic mass is 10.2. The molecule has 5 heteroatoms. The minimum Gasteiger partial charge on any atom is -0.480 e. The molecule has 0 bridgehead atoms. The zero-order chi connectivity index (χ0) is 13.7. The highest BCUT2D eigenvalue weighted by molar-refractivity contribution is 5.69. The van der Waals surface area contributed by atoms with Crippen molar-refractivity contribution in [2.24, 2.45) is 0 Å². The van der Waals surface area contributed by atoms with Gasteiger partial charge in [0, 0.05) is 32.4 Å². The summed E-state index contributed by atoms with van der Waals surface area (Å²) >= 11 is 0. The maximum absolute atomic E-state index is 10.7. The lowest BCUT2D eigenvalue weighted by molar-refractivity contribution is -0.138. The Bertz CT molecular complexity index is 419. The molecule has 0 amide bonds. The van der Waals surface area contributed by atoms with Crippen molar-refractivity contribution < 1.29 is 9.90 Å². The van der Waals surface area contributed by atoms with Crippen LogP contribution in [-0.2, 0) is 11.3 Å². The first-order chi connectivity index (χ1) is 9.13. The minimum atomic E-state index is -0.742. The third-order valence-corrected chi connectivity index (χ3v) is 3.40. The first-order valence-corrected chi connectivity index (χ1v) is 6.71. The number of aromatic nitrogens is 1. The van der Waals surface area contributed by atoms with Gasteiger partial charge >= 0.3 is 5.97 Å². The van der Waals surface area contributed by atoms with Crippen molar-refractivity contribution >= 4 is 5.97 Å². The number of nitrogens with zero attached hydrogens (tertiary/aromatic N) is 3. The molecule has 1 fully saturated rings. The minimum absolute atomic E-state index is 0.149. The van der Waals surface area contributed by atoms with Gasteiger partial charge in [0.05, 0.1) is 12.2 Å². The fraction of sp³-hybridized carbons (Fsp3) is 0.571. The van der Waals surface area contributed by atoms with E-state index in [0.717, 1.165) is 44.8 Å². The van der Waals surface area contributed by atoms with Crippen LogP contribution in [0.2, 0.25) is 0 Å². The van der Waals surface area contributed by atoms with Gasteiger partial charge in [-0.1, -0.05) is 6.07 Å². The van der Waals surface area contributed by atoms with E-state index in [1.54, 1.807) is 0 Å². The van der Waals surface area contributed by atoms with Crippen molar-refractivity contribution in [3.8, 4) is 0 Å². The van der Waals surface area contributed by atoms with Crippen molar-refractivity contribution in [3.05, 3.63) is 29.6 Å². The van der Waals surface area contributed by atoms with Gasteiger partial charge in [0.2, 0.25) is 0 Å². The van der Waals surface area contributed by atoms with E-state index in [0.29, 0.717) is 0 Å². The molecule has 0 unspecified atom stereocenters. The molecule has 2 rings (SSSR count). The van der Waals surface area contributed by atoms with E-state index in [1.165, 1.54) is 5.56 Å². The number of hydrogen-bond acceptors (Lipinski definition) is 4. The molecule has 1 aromatic heterocycles. The zero-order valence-electron chi connectivity index (χ0n) is 11.4. The first-order valence-electron chi connectivity index (χ1n) is 6.71. The molecule has 1 saturated heterocycles. The second kappa shape index (κ2) is 6.63. The highest BCUT2D eigenvalue weighted by Gasteiger charge is 2.16. The SMILES string of the molecule is Cc1ccc(CN2CCCN(CC(=O)O)CC2)nc1. The van der Waals surface area contributed by atoms with Crippen LogP contribution in [0.15, 0.2) is 18.3 Å². The van der Waals surface area contributed by atoms with Gasteiger partial charge in [0.1, 0.15) is 0 Å². The molecule has 1 aliphatic rings. The molecule has 5 nitrogen and oxygen atoms in total. The van der Waals surface area contributed by atoms with E-state index in [1.807, 2.05) is 18.0 Å². The molecule has 0 spiro atoms. The van der Waals surface area contributed by atoms with E-state index < -0.39 is 5.97 Å². The van der Waals surface area contributed by atoms with Crippen LogP contribution in [0.1, 0.15) is 17.7 Å². The topological polar surface area (TPSA) is 56.7 Å². The standard InChI is InChI=1S/C14H21N3O2/c1-12-3-4-13(15-9-12)10-16-5-2-6-17(8-7-16)11-14(18)19/h3-4,9H,2,5-8,10-11H2,1H3,(H,18,19). The summed E-state index contributed by atoms with van der Waals surface area (Å²) in [5.74, 6) is -0.742. The molecular formula is C14H21N3O2. The summed E-state index contributed by atoms with van der Waals surface area (Å²) in [5.41, 5.74) is 2.25. The number of aryl methyl sites for hydroxylation is 1. The highest BCUT2D eigenvalue weighted by Crippen LogP contribution is 2.08. The summed E-state index contributed by atoms with van der Waals surface area (Å²) < 4.78 is 0. The Hall–Kier alpha value is -1.46. The Morgan fingerprint density at radius 2 is 2.00 bits per heavy atom. The lowest BCUT2D eigenvalue weighted by Gasteiger charge is -2.20. The van der Waals surface area contributed by atoms with Gasteiger partial charge < -0.3 is 5.11 Å². The average molecular weight is 263 g/mol. The van der Waals surface area contributed by atoms with E-state index in [-0.39, 0.29) is 6.54 Å². The van der Waals surface area contributed by atoms with Gasteiger partial charge in [-0.15, -0.1) is 0 Å². The highest BCUT2D eigenvalue weighted by atomic mass is 16.4. The Labute approximate surface area is 113 Å². The molecule has 104 valence electrons. The van der Waals surface area contributed by atoms with Crippen LogP contribution in [-0.4, -0.2) is 58.6 Å². The van der Waals surface area contributed by atoms with E-state index in [9.17, 15) is 4.79 Å². The Balaban J connectivity index is 1.85. The van der Waals surface area contributed by atoms with Gasteiger partial charge in [0.15, 0.2) is 0 Å². The van der Waals surface area contributed by atoms with Crippen LogP contribution in [0, 0.1) is 6.92 Å². The molecule has 1 N–H and O–H groups in total. The smallest absolute Gasteiger partial charge is 0.317 e. The van der Waals surface area contributed by atoms with Crippen molar-refractivity contribution in [1.82, 2.24) is 14.8 Å². The van der Waals surface area contributed by atoms with Crippen LogP contribution in [0.5, 0.6) is 0 Å². The number of rotatable bonds is 4. The van der Waals surface area contributed by atoms with Crippen LogP contribution in [0.4, 0.5) is 0 Å². The van der Waals surface area contributed by atoms with Crippen LogP contribution >= 0.6 is 0 Å². The first kappa shape index (κ1) is 14.0. The Morgan fingerprint density at radius 1 is 1.26 bits per heavy atom. The summed E-state index contributed by atoms with van der Waals surface area (Å²) in [5, 5.41) is 8.82. The second-order valence-corrected chi connectivity index (χ2v) is 5.13. The molecule has 0 aromatic carbocycles. The molecule has 0 radical (unpaired) electrons. The summed E-state index contributed by atoms with van der Waals surface area (Å²) in [6.07, 6.45) is 2.91. The largest absolute Gasteiger partial charge is 0.480 e. The second-order valence-electron chi connectivity index (χ2n) is 5.13. The van der Waals surface area contributed by atoms with E-state index in [2.05, 4.69) is 22.0 Å². The third kappa shape index (κ3) is 4.61. The third-order valence-electron chi connectivity index (χ3n) is 3.40. The number of hydrogen-bond donors (Lipinski definition) is 1. The van der Waals surface area contributed by atoms with Crippen molar-refractivity contribution in [1.29, 1.82) is 0 Å². The lowest BCUT2D eigenvalue weighted by Crippen LogP contribution is -2.34. The number of carbonyl (C=O) groups is 1. The van der Waals surface area contributed by atoms with Gasteiger partial charge in [-0.2, -0.15) is 0 Å². The molecule has 0 aliphatic carbocycles. The summed E-state index contributed by atoms with van der Waals surface area (Å²) in [6.45, 7) is 6.63. The molecule has 0 saturated carbocycles. The normalized spacial score (nSPS) is 18.2. The monoisotopic (exact) mass is 263 g/mol. The van der Waals surface area contributed by atoms with Gasteiger partial charge in [-0.3, -0.25) is 19.6 Å². The Kier molecular flexibility index (Phi) is 4.87. The number of aliphatic carboxylic acids is 1. The van der Waals surface area contributed by atoms with Gasteiger partial charge in [-0.25, -0.2) is 0 Å². The molecule has 1 aliphatic heterocycles. The van der Waals surface area contributed by atoms with Crippen LogP contribution in [0.25, 0.3) is 0 Å². The number of carboxylic acids is 1. The van der Waals surface area contributed by atoms with Crippen molar-refractivity contribution in [2.75, 3.05) is 32.7 Å². The van der Waals surface area contributed by atoms with E-state index in [4.69, 9.17) is 5.11 Å². The fourth-order valence-corrected chi connectivity index (χ4v) is 2.35.